The predicted molar refractivity (Wildman–Crippen MR) is 95.6 cm³/mol. The van der Waals surface area contributed by atoms with Gasteiger partial charge in [0.2, 0.25) is 5.89 Å². The van der Waals surface area contributed by atoms with Crippen molar-refractivity contribution >= 4 is 12.0 Å². The van der Waals surface area contributed by atoms with Crippen LogP contribution < -0.4 is 10.2 Å². The van der Waals surface area contributed by atoms with E-state index in [4.69, 9.17) is 4.52 Å². The lowest BCUT2D eigenvalue weighted by Gasteiger charge is -2.21. The molecular formula is C18H25N5O2. The van der Waals surface area contributed by atoms with Gasteiger partial charge in [-0.25, -0.2) is 4.79 Å². The molecule has 2 amide bonds. The Balaban J connectivity index is 1.57. The fourth-order valence-corrected chi connectivity index (χ4v) is 3.15. The number of hydrogen-bond donors (Lipinski definition) is 1. The molecule has 0 saturated carbocycles. The van der Waals surface area contributed by atoms with Gasteiger partial charge < -0.3 is 19.6 Å². The summed E-state index contributed by atoms with van der Waals surface area (Å²) in [6.07, 6.45) is 0.974. The first-order valence-electron chi connectivity index (χ1n) is 8.55. The van der Waals surface area contributed by atoms with Crippen LogP contribution in [0.25, 0.3) is 0 Å². The van der Waals surface area contributed by atoms with E-state index >= 15 is 0 Å². The van der Waals surface area contributed by atoms with E-state index < -0.39 is 0 Å². The zero-order chi connectivity index (χ0) is 18.0. The summed E-state index contributed by atoms with van der Waals surface area (Å²) >= 11 is 0. The van der Waals surface area contributed by atoms with Gasteiger partial charge in [-0.05, 0) is 31.0 Å². The molecule has 1 saturated heterocycles. The smallest absolute Gasteiger partial charge is 0.318 e. The number of aryl methyl sites for hydroxylation is 1. The second kappa shape index (κ2) is 7.13. The minimum absolute atomic E-state index is 0.0910. The fourth-order valence-electron chi connectivity index (χ4n) is 3.15. The summed E-state index contributed by atoms with van der Waals surface area (Å²) in [4.78, 5) is 20.4. The second-order valence-corrected chi connectivity index (χ2v) is 6.89. The number of carbonyl (C=O) groups excluding carboxylic acids is 1. The van der Waals surface area contributed by atoms with Crippen molar-refractivity contribution < 1.29 is 9.32 Å². The molecule has 1 aliphatic rings. The Hall–Kier alpha value is -2.57. The molecular weight excluding hydrogens is 318 g/mol. The second-order valence-electron chi connectivity index (χ2n) is 6.89. The Morgan fingerprint density at radius 3 is 2.72 bits per heavy atom. The van der Waals surface area contributed by atoms with Gasteiger partial charge in [-0.2, -0.15) is 4.98 Å². The summed E-state index contributed by atoms with van der Waals surface area (Å²) in [6.45, 7) is 5.13. The number of urea groups is 1. The number of benzene rings is 1. The van der Waals surface area contributed by atoms with Crippen molar-refractivity contribution in [2.24, 2.45) is 0 Å². The van der Waals surface area contributed by atoms with Crippen LogP contribution in [-0.4, -0.2) is 47.8 Å². The Kier molecular flexibility index (Phi) is 4.92. The first-order chi connectivity index (χ1) is 11.9. The van der Waals surface area contributed by atoms with E-state index in [1.807, 2.05) is 19.0 Å². The Morgan fingerprint density at radius 2 is 2.08 bits per heavy atom. The number of hydrogen-bond acceptors (Lipinski definition) is 5. The molecule has 1 aliphatic heterocycles. The molecule has 7 nitrogen and oxygen atoms in total. The van der Waals surface area contributed by atoms with Crippen LogP contribution in [0.4, 0.5) is 10.7 Å². The minimum atomic E-state index is -0.0910. The summed E-state index contributed by atoms with van der Waals surface area (Å²) in [5.41, 5.74) is 2.54. The van der Waals surface area contributed by atoms with Crippen LogP contribution in [0.5, 0.6) is 0 Å². The van der Waals surface area contributed by atoms with Crippen LogP contribution in [0.15, 0.2) is 28.8 Å². The fraction of sp³-hybridized carbons (Fsp3) is 0.500. The van der Waals surface area contributed by atoms with Gasteiger partial charge >= 0.3 is 6.03 Å². The third-order valence-corrected chi connectivity index (χ3v) is 4.63. The van der Waals surface area contributed by atoms with Crippen molar-refractivity contribution in [3.05, 3.63) is 41.3 Å². The van der Waals surface area contributed by atoms with Crippen LogP contribution in [0, 0.1) is 6.92 Å². The third-order valence-electron chi connectivity index (χ3n) is 4.63. The van der Waals surface area contributed by atoms with E-state index in [2.05, 4.69) is 53.6 Å². The van der Waals surface area contributed by atoms with Gasteiger partial charge in [-0.1, -0.05) is 29.8 Å². The molecule has 0 radical (unpaired) electrons. The third kappa shape index (κ3) is 3.92. The quantitative estimate of drug-likeness (QED) is 0.923. The van der Waals surface area contributed by atoms with E-state index in [9.17, 15) is 4.79 Å². The number of carbonyl (C=O) groups is 1. The number of aromatic nitrogens is 2. The number of rotatable bonds is 4. The maximum atomic E-state index is 12.5. The molecule has 0 bridgehead atoms. The van der Waals surface area contributed by atoms with E-state index in [1.165, 1.54) is 11.1 Å². The summed E-state index contributed by atoms with van der Waals surface area (Å²) < 4.78 is 5.13. The molecule has 2 atom stereocenters. The minimum Gasteiger partial charge on any atom is -0.344 e. The summed E-state index contributed by atoms with van der Waals surface area (Å²) in [5.74, 6) is 1.28. The molecule has 0 aliphatic carbocycles. The zero-order valence-electron chi connectivity index (χ0n) is 15.2. The molecule has 134 valence electrons. The van der Waals surface area contributed by atoms with Crippen LogP contribution in [-0.2, 0) is 6.54 Å². The monoisotopic (exact) mass is 343 g/mol. The van der Waals surface area contributed by atoms with Gasteiger partial charge in [0, 0.05) is 32.6 Å². The van der Waals surface area contributed by atoms with E-state index in [-0.39, 0.29) is 18.6 Å². The lowest BCUT2D eigenvalue weighted by Crippen LogP contribution is -2.41. The van der Waals surface area contributed by atoms with Crippen LogP contribution >= 0.6 is 0 Å². The molecule has 2 heterocycles. The Labute approximate surface area is 148 Å². The lowest BCUT2D eigenvalue weighted by molar-refractivity contribution is 0.193. The Bertz CT molecular complexity index is 725. The van der Waals surface area contributed by atoms with Crippen LogP contribution in [0.2, 0.25) is 0 Å². The molecule has 1 aromatic heterocycles. The first kappa shape index (κ1) is 17.3. The number of anilines is 1. The van der Waals surface area contributed by atoms with Crippen LogP contribution in [0.3, 0.4) is 0 Å². The highest BCUT2D eigenvalue weighted by Gasteiger charge is 2.33. The van der Waals surface area contributed by atoms with E-state index in [0.717, 1.165) is 13.0 Å². The molecule has 0 spiro atoms. The van der Waals surface area contributed by atoms with Crippen molar-refractivity contribution in [3.8, 4) is 0 Å². The number of nitrogens with zero attached hydrogens (tertiary/aromatic N) is 4. The molecule has 1 fully saturated rings. The van der Waals surface area contributed by atoms with E-state index in [0.29, 0.717) is 17.8 Å². The van der Waals surface area contributed by atoms with Crippen LogP contribution in [0.1, 0.15) is 36.3 Å². The zero-order valence-corrected chi connectivity index (χ0v) is 15.2. The number of nitrogens with one attached hydrogen (secondary N) is 1. The molecule has 7 heteroatoms. The lowest BCUT2D eigenvalue weighted by atomic mass is 9.96. The highest BCUT2D eigenvalue weighted by molar-refractivity contribution is 5.75. The molecule has 3 rings (SSSR count). The van der Waals surface area contributed by atoms with Gasteiger partial charge in [-0.3, -0.25) is 0 Å². The Morgan fingerprint density at radius 1 is 1.36 bits per heavy atom. The van der Waals surface area contributed by atoms with Gasteiger partial charge in [0.05, 0.1) is 6.54 Å². The number of amides is 2. The molecule has 1 N–H and O–H groups in total. The van der Waals surface area contributed by atoms with Crippen molar-refractivity contribution in [2.75, 3.05) is 25.5 Å². The average Bonchev–Trinajstić information content (AvgIpc) is 3.20. The first-order valence-corrected chi connectivity index (χ1v) is 8.55. The molecule has 2 aromatic rings. The largest absolute Gasteiger partial charge is 0.344 e. The van der Waals surface area contributed by atoms with Gasteiger partial charge in [0.15, 0.2) is 0 Å². The topological polar surface area (TPSA) is 74.5 Å². The van der Waals surface area contributed by atoms with Gasteiger partial charge in [0.1, 0.15) is 0 Å². The summed E-state index contributed by atoms with van der Waals surface area (Å²) in [6, 6.07) is 8.68. The number of likely N-dealkylation sites (tertiary alicyclic amines) is 1. The van der Waals surface area contributed by atoms with Crippen molar-refractivity contribution in [1.29, 1.82) is 0 Å². The highest BCUT2D eigenvalue weighted by Crippen LogP contribution is 2.31. The van der Waals surface area contributed by atoms with Crippen molar-refractivity contribution in [1.82, 2.24) is 20.4 Å². The van der Waals surface area contributed by atoms with E-state index in [1.54, 1.807) is 4.90 Å². The summed E-state index contributed by atoms with van der Waals surface area (Å²) in [5, 5.41) is 6.72. The standard InChI is InChI=1S/C18H25N5O2/c1-12-5-7-14(8-6-12)15-9-13(2)23(11-15)18(24)19-10-16-20-17(21-25-16)22(3)4/h5-8,13,15H,9-11H2,1-4H3,(H,19,24)/t13-,15-/m0/s1. The summed E-state index contributed by atoms with van der Waals surface area (Å²) in [7, 11) is 3.68. The normalized spacial score (nSPS) is 19.9. The SMILES string of the molecule is Cc1ccc([C@H]2C[C@H](C)N(C(=O)NCc3nc(N(C)C)no3)C2)cc1. The highest BCUT2D eigenvalue weighted by atomic mass is 16.5. The van der Waals surface area contributed by atoms with Crippen molar-refractivity contribution in [3.63, 3.8) is 0 Å². The maximum absolute atomic E-state index is 12.5. The average molecular weight is 343 g/mol. The molecule has 1 aromatic carbocycles. The van der Waals surface area contributed by atoms with Gasteiger partial charge in [0.25, 0.3) is 5.95 Å². The predicted octanol–water partition coefficient (Wildman–Crippen LogP) is 2.53. The maximum Gasteiger partial charge on any atom is 0.318 e. The van der Waals surface area contributed by atoms with Crippen molar-refractivity contribution in [2.45, 2.75) is 38.8 Å². The molecule has 0 unspecified atom stereocenters. The molecule has 25 heavy (non-hydrogen) atoms. The van der Waals surface area contributed by atoms with Gasteiger partial charge in [-0.15, -0.1) is 0 Å².